The Bertz CT molecular complexity index is 105. The first-order valence-corrected chi connectivity index (χ1v) is 4.51. The van der Waals surface area contributed by atoms with E-state index in [1.807, 2.05) is 0 Å². The summed E-state index contributed by atoms with van der Waals surface area (Å²) in [5.41, 5.74) is 0. The van der Waals surface area contributed by atoms with Gasteiger partial charge in [0, 0.05) is 7.11 Å². The first-order chi connectivity index (χ1) is 5.62. The van der Waals surface area contributed by atoms with Gasteiger partial charge in [-0.1, -0.05) is 0 Å². The number of nitrogens with zero attached hydrogens (tertiary/aromatic N) is 1. The molecule has 12 heavy (non-hydrogen) atoms. The van der Waals surface area contributed by atoms with Crippen molar-refractivity contribution in [2.45, 2.75) is 6.92 Å². The molecule has 0 aliphatic rings. The maximum Gasteiger partial charge on any atom is 0.102 e. The minimum absolute atomic E-state index is 0.694. The zero-order chi connectivity index (χ0) is 9.45. The number of rotatable bonds is 7. The van der Waals surface area contributed by atoms with Crippen molar-refractivity contribution >= 4 is 0 Å². The number of ether oxygens (including phenoxy) is 2. The van der Waals surface area contributed by atoms with E-state index in [0.717, 1.165) is 24.2 Å². The molecule has 0 atom stereocenters. The monoisotopic (exact) mass is 176 g/mol. The number of methoxy groups -OCH3 is 1. The molecule has 0 aliphatic heterocycles. The molecule has 0 N–H and O–H groups in total. The number of likely N-dealkylation sites (N-methyl/N-ethyl adjacent to an activating group) is 1. The number of hydrogen-bond acceptors (Lipinski definition) is 2. The molecule has 0 heterocycles. The summed E-state index contributed by atoms with van der Waals surface area (Å²) in [4.78, 5) is 0. The van der Waals surface area contributed by atoms with Gasteiger partial charge in [-0.2, -0.15) is 0 Å². The molecule has 0 fully saturated rings. The summed E-state index contributed by atoms with van der Waals surface area (Å²) in [6, 6.07) is 0. The van der Waals surface area contributed by atoms with E-state index in [0.29, 0.717) is 13.2 Å². The summed E-state index contributed by atoms with van der Waals surface area (Å²) < 4.78 is 11.3. The van der Waals surface area contributed by atoms with Gasteiger partial charge in [-0.25, -0.2) is 0 Å². The van der Waals surface area contributed by atoms with Gasteiger partial charge in [0.2, 0.25) is 0 Å². The minimum atomic E-state index is 0.694. The molecular formula is C9H22NO2+. The second-order valence-electron chi connectivity index (χ2n) is 3.58. The van der Waals surface area contributed by atoms with Gasteiger partial charge in [0.25, 0.3) is 0 Å². The molecule has 0 rings (SSSR count). The topological polar surface area (TPSA) is 18.5 Å². The van der Waals surface area contributed by atoms with Gasteiger partial charge < -0.3 is 14.0 Å². The molecule has 0 radical (unpaired) electrons. The Balaban J connectivity index is 3.19. The standard InChI is InChI=1S/C9H22NO2/c1-5-10(2,3)6-7-12-9-8-11-4/h5-9H2,1-4H3/q+1. The van der Waals surface area contributed by atoms with Crippen LogP contribution < -0.4 is 0 Å². The molecule has 0 saturated heterocycles. The van der Waals surface area contributed by atoms with Crippen LogP contribution in [0.1, 0.15) is 6.92 Å². The summed E-state index contributed by atoms with van der Waals surface area (Å²) in [5.74, 6) is 0. The van der Waals surface area contributed by atoms with E-state index < -0.39 is 0 Å². The molecule has 74 valence electrons. The quantitative estimate of drug-likeness (QED) is 0.421. The fourth-order valence-corrected chi connectivity index (χ4v) is 0.714. The van der Waals surface area contributed by atoms with Gasteiger partial charge in [0.15, 0.2) is 0 Å². The molecule has 0 bridgehead atoms. The van der Waals surface area contributed by atoms with Crippen LogP contribution in [-0.2, 0) is 9.47 Å². The van der Waals surface area contributed by atoms with E-state index in [1.165, 1.54) is 0 Å². The van der Waals surface area contributed by atoms with Crippen molar-refractivity contribution in [3.63, 3.8) is 0 Å². The summed E-state index contributed by atoms with van der Waals surface area (Å²) in [7, 11) is 6.11. The fourth-order valence-electron chi connectivity index (χ4n) is 0.714. The van der Waals surface area contributed by atoms with Crippen molar-refractivity contribution in [2.75, 3.05) is 54.1 Å². The molecule has 0 aromatic rings. The Kier molecular flexibility index (Phi) is 6.34. The largest absolute Gasteiger partial charge is 0.382 e. The fraction of sp³-hybridized carbons (Fsp3) is 1.00. The highest BCUT2D eigenvalue weighted by molar-refractivity contribution is 4.32. The van der Waals surface area contributed by atoms with Crippen molar-refractivity contribution in [3.8, 4) is 0 Å². The van der Waals surface area contributed by atoms with Crippen LogP contribution in [0.5, 0.6) is 0 Å². The van der Waals surface area contributed by atoms with Crippen LogP contribution in [0.25, 0.3) is 0 Å². The van der Waals surface area contributed by atoms with Gasteiger partial charge in [0.1, 0.15) is 6.54 Å². The third-order valence-electron chi connectivity index (χ3n) is 2.13. The van der Waals surface area contributed by atoms with Crippen LogP contribution in [0.4, 0.5) is 0 Å². The van der Waals surface area contributed by atoms with Crippen molar-refractivity contribution in [1.29, 1.82) is 0 Å². The predicted molar refractivity (Wildman–Crippen MR) is 50.2 cm³/mol. The molecule has 3 nitrogen and oxygen atoms in total. The molecule has 0 spiro atoms. The van der Waals surface area contributed by atoms with Crippen molar-refractivity contribution < 1.29 is 14.0 Å². The van der Waals surface area contributed by atoms with E-state index >= 15 is 0 Å². The van der Waals surface area contributed by atoms with E-state index in [2.05, 4.69) is 21.0 Å². The van der Waals surface area contributed by atoms with E-state index in [-0.39, 0.29) is 0 Å². The third-order valence-corrected chi connectivity index (χ3v) is 2.13. The molecule has 3 heteroatoms. The second kappa shape index (κ2) is 6.40. The minimum Gasteiger partial charge on any atom is -0.382 e. The van der Waals surface area contributed by atoms with Crippen LogP contribution in [-0.4, -0.2) is 58.6 Å². The summed E-state index contributed by atoms with van der Waals surface area (Å²) >= 11 is 0. The average molecular weight is 176 g/mol. The van der Waals surface area contributed by atoms with Crippen molar-refractivity contribution in [1.82, 2.24) is 0 Å². The van der Waals surface area contributed by atoms with Gasteiger partial charge >= 0.3 is 0 Å². The summed E-state index contributed by atoms with van der Waals surface area (Å²) in [6.07, 6.45) is 0. The smallest absolute Gasteiger partial charge is 0.102 e. The highest BCUT2D eigenvalue weighted by atomic mass is 16.5. The van der Waals surface area contributed by atoms with Gasteiger partial charge in [0.05, 0.1) is 40.5 Å². The number of hydrogen-bond donors (Lipinski definition) is 0. The molecule has 0 aromatic heterocycles. The lowest BCUT2D eigenvalue weighted by molar-refractivity contribution is -0.888. The van der Waals surface area contributed by atoms with Crippen LogP contribution in [0.2, 0.25) is 0 Å². The van der Waals surface area contributed by atoms with Gasteiger partial charge in [-0.3, -0.25) is 0 Å². The summed E-state index contributed by atoms with van der Waals surface area (Å²) in [6.45, 7) is 6.63. The third kappa shape index (κ3) is 6.58. The Hall–Kier alpha value is -0.120. The van der Waals surface area contributed by atoms with Gasteiger partial charge in [-0.15, -0.1) is 0 Å². The van der Waals surface area contributed by atoms with E-state index in [9.17, 15) is 0 Å². The van der Waals surface area contributed by atoms with Crippen LogP contribution in [0, 0.1) is 0 Å². The molecule has 0 aliphatic carbocycles. The predicted octanol–water partition coefficient (Wildman–Crippen LogP) is 0.746. The Morgan fingerprint density at radius 3 is 2.25 bits per heavy atom. The second-order valence-corrected chi connectivity index (χ2v) is 3.58. The zero-order valence-corrected chi connectivity index (χ0v) is 8.80. The van der Waals surface area contributed by atoms with Crippen LogP contribution in [0.15, 0.2) is 0 Å². The van der Waals surface area contributed by atoms with E-state index in [1.54, 1.807) is 7.11 Å². The number of quaternary nitrogens is 1. The lowest BCUT2D eigenvalue weighted by atomic mass is 10.4. The summed E-state index contributed by atoms with van der Waals surface area (Å²) in [5, 5.41) is 0. The van der Waals surface area contributed by atoms with Crippen molar-refractivity contribution in [3.05, 3.63) is 0 Å². The molecular weight excluding hydrogens is 154 g/mol. The first-order valence-electron chi connectivity index (χ1n) is 4.51. The average Bonchev–Trinajstić information content (AvgIpc) is 2.04. The maximum atomic E-state index is 5.37. The van der Waals surface area contributed by atoms with Crippen LogP contribution in [0.3, 0.4) is 0 Å². The first kappa shape index (κ1) is 11.9. The van der Waals surface area contributed by atoms with Crippen molar-refractivity contribution in [2.24, 2.45) is 0 Å². The van der Waals surface area contributed by atoms with Crippen LogP contribution >= 0.6 is 0 Å². The Labute approximate surface area is 75.9 Å². The molecule has 0 unspecified atom stereocenters. The van der Waals surface area contributed by atoms with Gasteiger partial charge in [-0.05, 0) is 6.92 Å². The molecule has 0 saturated carbocycles. The lowest BCUT2D eigenvalue weighted by Gasteiger charge is -2.27. The highest BCUT2D eigenvalue weighted by Gasteiger charge is 2.10. The molecule has 0 amide bonds. The Morgan fingerprint density at radius 2 is 1.75 bits per heavy atom. The normalized spacial score (nSPS) is 12.0. The zero-order valence-electron chi connectivity index (χ0n) is 8.80. The highest BCUT2D eigenvalue weighted by Crippen LogP contribution is 1.94. The maximum absolute atomic E-state index is 5.37. The SMILES string of the molecule is CC[N+](C)(C)CCOCCOC. The Morgan fingerprint density at radius 1 is 1.08 bits per heavy atom. The lowest BCUT2D eigenvalue weighted by Crippen LogP contribution is -2.42. The molecule has 0 aromatic carbocycles. The van der Waals surface area contributed by atoms with E-state index in [4.69, 9.17) is 9.47 Å².